The second kappa shape index (κ2) is 8.71. The number of likely N-dealkylation sites (N-methyl/N-ethyl adjacent to an activating group) is 1. The van der Waals surface area contributed by atoms with Gasteiger partial charge in [0.05, 0.1) is 6.54 Å². The van der Waals surface area contributed by atoms with Crippen molar-refractivity contribution in [2.45, 2.75) is 13.1 Å². The maximum atomic E-state index is 12.1. The predicted octanol–water partition coefficient (Wildman–Crippen LogP) is 3.15. The van der Waals surface area contributed by atoms with Crippen molar-refractivity contribution in [3.05, 3.63) is 64.7 Å². The largest absolute Gasteiger partial charge is 0.378 e. The van der Waals surface area contributed by atoms with Crippen LogP contribution in [-0.2, 0) is 17.9 Å². The minimum Gasteiger partial charge on any atom is -0.378 e. The van der Waals surface area contributed by atoms with Crippen LogP contribution in [0, 0.1) is 0 Å². The maximum absolute atomic E-state index is 12.1. The number of halogens is 1. The maximum Gasteiger partial charge on any atom is 0.234 e. The highest BCUT2D eigenvalue weighted by molar-refractivity contribution is 6.31. The summed E-state index contributed by atoms with van der Waals surface area (Å²) >= 11 is 6.15. The molecule has 0 aromatic heterocycles. The molecule has 2 aromatic rings. The Labute approximate surface area is 149 Å². The van der Waals surface area contributed by atoms with E-state index in [1.54, 1.807) is 0 Å². The quantitative estimate of drug-likeness (QED) is 0.837. The van der Waals surface area contributed by atoms with E-state index >= 15 is 0 Å². The van der Waals surface area contributed by atoms with Crippen LogP contribution in [-0.4, -0.2) is 38.5 Å². The zero-order valence-electron chi connectivity index (χ0n) is 14.4. The van der Waals surface area contributed by atoms with Crippen molar-refractivity contribution in [2.75, 3.05) is 32.6 Å². The van der Waals surface area contributed by atoms with Crippen molar-refractivity contribution < 1.29 is 4.79 Å². The van der Waals surface area contributed by atoms with Crippen molar-refractivity contribution in [3.8, 4) is 0 Å². The molecule has 0 unspecified atom stereocenters. The standard InChI is InChI=1S/C19H24ClN3O/c1-22(2)17-10-8-15(9-11-17)12-21-19(24)14-23(3)13-16-6-4-5-7-18(16)20/h4-11H,12-14H2,1-3H3,(H,21,24). The van der Waals surface area contributed by atoms with Gasteiger partial charge in [0.15, 0.2) is 0 Å². The molecular weight excluding hydrogens is 322 g/mol. The summed E-state index contributed by atoms with van der Waals surface area (Å²) in [5.74, 6) is 0.00115. The number of anilines is 1. The highest BCUT2D eigenvalue weighted by atomic mass is 35.5. The Morgan fingerprint density at radius 1 is 1.04 bits per heavy atom. The van der Waals surface area contributed by atoms with Gasteiger partial charge in [-0.3, -0.25) is 9.69 Å². The van der Waals surface area contributed by atoms with E-state index in [9.17, 15) is 4.79 Å². The average molecular weight is 346 g/mol. The molecule has 0 saturated carbocycles. The second-order valence-electron chi connectivity index (χ2n) is 6.10. The van der Waals surface area contributed by atoms with Gasteiger partial charge >= 0.3 is 0 Å². The molecule has 128 valence electrons. The Balaban J connectivity index is 1.79. The van der Waals surface area contributed by atoms with Crippen LogP contribution in [0.4, 0.5) is 5.69 Å². The van der Waals surface area contributed by atoms with E-state index in [-0.39, 0.29) is 5.91 Å². The fourth-order valence-electron chi connectivity index (χ4n) is 2.39. The lowest BCUT2D eigenvalue weighted by Gasteiger charge is -2.17. The third-order valence-electron chi connectivity index (χ3n) is 3.75. The van der Waals surface area contributed by atoms with Gasteiger partial charge in [0.2, 0.25) is 5.91 Å². The highest BCUT2D eigenvalue weighted by Crippen LogP contribution is 2.16. The van der Waals surface area contributed by atoms with Crippen LogP contribution in [0.1, 0.15) is 11.1 Å². The molecule has 0 fully saturated rings. The Morgan fingerprint density at radius 2 is 1.71 bits per heavy atom. The van der Waals surface area contributed by atoms with Crippen LogP contribution >= 0.6 is 11.6 Å². The molecule has 0 radical (unpaired) electrons. The molecule has 1 amide bonds. The number of hydrogen-bond acceptors (Lipinski definition) is 3. The minimum absolute atomic E-state index is 0.00115. The Hall–Kier alpha value is -2.04. The zero-order chi connectivity index (χ0) is 17.5. The Kier molecular flexibility index (Phi) is 6.64. The molecule has 0 heterocycles. The van der Waals surface area contributed by atoms with E-state index in [0.717, 1.165) is 21.8 Å². The van der Waals surface area contributed by atoms with E-state index in [4.69, 9.17) is 11.6 Å². The molecule has 4 nitrogen and oxygen atoms in total. The smallest absolute Gasteiger partial charge is 0.234 e. The number of nitrogens with one attached hydrogen (secondary N) is 1. The van der Waals surface area contributed by atoms with Gasteiger partial charge in [-0.2, -0.15) is 0 Å². The third kappa shape index (κ3) is 5.55. The van der Waals surface area contributed by atoms with Gasteiger partial charge in [-0.15, -0.1) is 0 Å². The van der Waals surface area contributed by atoms with Crippen molar-refractivity contribution in [1.29, 1.82) is 0 Å². The number of hydrogen-bond donors (Lipinski definition) is 1. The van der Waals surface area contributed by atoms with Gasteiger partial charge < -0.3 is 10.2 Å². The van der Waals surface area contributed by atoms with E-state index < -0.39 is 0 Å². The fraction of sp³-hybridized carbons (Fsp3) is 0.316. The van der Waals surface area contributed by atoms with Crippen LogP contribution in [0.3, 0.4) is 0 Å². The molecule has 2 rings (SSSR count). The first kappa shape index (κ1) is 18.3. The first-order valence-corrected chi connectivity index (χ1v) is 8.28. The topological polar surface area (TPSA) is 35.6 Å². The van der Waals surface area contributed by atoms with Gasteiger partial charge in [0.1, 0.15) is 0 Å². The summed E-state index contributed by atoms with van der Waals surface area (Å²) in [5.41, 5.74) is 3.25. The summed E-state index contributed by atoms with van der Waals surface area (Å²) in [6, 6.07) is 15.8. The number of benzene rings is 2. The second-order valence-corrected chi connectivity index (χ2v) is 6.51. The summed E-state index contributed by atoms with van der Waals surface area (Å²) in [6.45, 7) is 1.51. The Bertz CT molecular complexity index is 671. The third-order valence-corrected chi connectivity index (χ3v) is 4.12. The van der Waals surface area contributed by atoms with Crippen LogP contribution in [0.25, 0.3) is 0 Å². The summed E-state index contributed by atoms with van der Waals surface area (Å²) in [6.07, 6.45) is 0. The molecule has 0 aliphatic carbocycles. The summed E-state index contributed by atoms with van der Waals surface area (Å²) in [5, 5.41) is 3.68. The number of carbonyl (C=O) groups is 1. The SMILES string of the molecule is CN(CC(=O)NCc1ccc(N(C)C)cc1)Cc1ccccc1Cl. The normalized spacial score (nSPS) is 10.7. The van der Waals surface area contributed by atoms with Crippen LogP contribution in [0.2, 0.25) is 5.02 Å². The van der Waals surface area contributed by atoms with E-state index in [1.165, 1.54) is 0 Å². The molecule has 24 heavy (non-hydrogen) atoms. The summed E-state index contributed by atoms with van der Waals surface area (Å²) in [7, 11) is 5.92. The predicted molar refractivity (Wildman–Crippen MR) is 100 cm³/mol. The van der Waals surface area contributed by atoms with Gasteiger partial charge in [0.25, 0.3) is 0 Å². The molecule has 1 N–H and O–H groups in total. The highest BCUT2D eigenvalue weighted by Gasteiger charge is 2.09. The first-order valence-electron chi connectivity index (χ1n) is 7.90. The van der Waals surface area contributed by atoms with Crippen molar-refractivity contribution in [2.24, 2.45) is 0 Å². The van der Waals surface area contributed by atoms with Gasteiger partial charge in [-0.1, -0.05) is 41.9 Å². The monoisotopic (exact) mass is 345 g/mol. The van der Waals surface area contributed by atoms with E-state index in [0.29, 0.717) is 19.6 Å². The van der Waals surface area contributed by atoms with Crippen molar-refractivity contribution in [1.82, 2.24) is 10.2 Å². The van der Waals surface area contributed by atoms with Gasteiger partial charge in [-0.05, 0) is 36.4 Å². The number of amides is 1. The lowest BCUT2D eigenvalue weighted by molar-refractivity contribution is -0.122. The molecule has 0 bridgehead atoms. The number of nitrogens with zero attached hydrogens (tertiary/aromatic N) is 2. The zero-order valence-corrected chi connectivity index (χ0v) is 15.2. The van der Waals surface area contributed by atoms with Crippen molar-refractivity contribution >= 4 is 23.2 Å². The lowest BCUT2D eigenvalue weighted by Crippen LogP contribution is -2.34. The minimum atomic E-state index is 0.00115. The van der Waals surface area contributed by atoms with Crippen LogP contribution in [0.5, 0.6) is 0 Å². The Morgan fingerprint density at radius 3 is 2.33 bits per heavy atom. The molecule has 0 aliphatic heterocycles. The van der Waals surface area contributed by atoms with Gasteiger partial charge in [-0.25, -0.2) is 0 Å². The van der Waals surface area contributed by atoms with E-state index in [1.807, 2.05) is 79.5 Å². The molecular formula is C19H24ClN3O. The molecule has 2 aromatic carbocycles. The van der Waals surface area contributed by atoms with Gasteiger partial charge in [0, 0.05) is 37.9 Å². The number of carbonyl (C=O) groups excluding carboxylic acids is 1. The summed E-state index contributed by atoms with van der Waals surface area (Å²) in [4.78, 5) is 16.1. The molecule has 0 saturated heterocycles. The number of rotatable bonds is 7. The average Bonchev–Trinajstić information content (AvgIpc) is 2.55. The lowest BCUT2D eigenvalue weighted by atomic mass is 10.2. The molecule has 0 spiro atoms. The first-order chi connectivity index (χ1) is 11.5. The molecule has 0 atom stereocenters. The molecule has 0 aliphatic rings. The summed E-state index contributed by atoms with van der Waals surface area (Å²) < 4.78 is 0. The van der Waals surface area contributed by atoms with E-state index in [2.05, 4.69) is 5.32 Å². The van der Waals surface area contributed by atoms with Crippen LogP contribution < -0.4 is 10.2 Å². The van der Waals surface area contributed by atoms with Crippen molar-refractivity contribution in [3.63, 3.8) is 0 Å². The molecule has 5 heteroatoms. The fourth-order valence-corrected chi connectivity index (χ4v) is 2.58. The van der Waals surface area contributed by atoms with Crippen LogP contribution in [0.15, 0.2) is 48.5 Å².